The molecule has 0 bridgehead atoms. The largest absolute Gasteiger partial charge is 0.435 e. The van der Waals surface area contributed by atoms with Gasteiger partial charge in [-0.25, -0.2) is 0 Å². The molecule has 0 radical (unpaired) electrons. The van der Waals surface area contributed by atoms with Crippen molar-refractivity contribution >= 4 is 46.6 Å². The van der Waals surface area contributed by atoms with Crippen molar-refractivity contribution in [2.24, 2.45) is 0 Å². The van der Waals surface area contributed by atoms with Crippen molar-refractivity contribution in [2.45, 2.75) is 18.3 Å². The lowest BCUT2D eigenvalue weighted by molar-refractivity contribution is -0.113. The number of carbonyl (C=O) groups excluding carboxylic acids is 1. The minimum atomic E-state index is -2.90. The average Bonchev–Trinajstić information content (AvgIpc) is 3.12. The van der Waals surface area contributed by atoms with Crippen LogP contribution in [0, 0.1) is 0 Å². The summed E-state index contributed by atoms with van der Waals surface area (Å²) in [7, 11) is 0. The van der Waals surface area contributed by atoms with E-state index in [2.05, 4.69) is 26.8 Å². The summed E-state index contributed by atoms with van der Waals surface area (Å²) in [6.07, 6.45) is 1.67. The molecule has 0 unspecified atom stereocenters. The number of hydrogen-bond donors (Lipinski definition) is 1. The zero-order valence-electron chi connectivity index (χ0n) is 15.9. The van der Waals surface area contributed by atoms with Gasteiger partial charge < -0.3 is 10.1 Å². The SMILES string of the molecule is C=CCn1c(SCC(=O)Nc2ccc(Cl)c(Cl)c2)nnc1-c1ccc(OC(F)F)cc1. The van der Waals surface area contributed by atoms with Crippen LogP contribution in [0.5, 0.6) is 5.75 Å². The van der Waals surface area contributed by atoms with E-state index in [1.54, 1.807) is 41.0 Å². The first kappa shape index (κ1) is 23.1. The molecule has 6 nitrogen and oxygen atoms in total. The van der Waals surface area contributed by atoms with Gasteiger partial charge in [-0.2, -0.15) is 8.78 Å². The molecule has 1 aromatic heterocycles. The van der Waals surface area contributed by atoms with Crippen LogP contribution in [0.1, 0.15) is 0 Å². The van der Waals surface area contributed by atoms with Crippen molar-refractivity contribution in [1.82, 2.24) is 14.8 Å². The van der Waals surface area contributed by atoms with Crippen LogP contribution in [0.3, 0.4) is 0 Å². The molecule has 0 fully saturated rings. The van der Waals surface area contributed by atoms with Crippen molar-refractivity contribution in [3.8, 4) is 17.1 Å². The van der Waals surface area contributed by atoms with E-state index < -0.39 is 6.61 Å². The number of carbonyl (C=O) groups is 1. The van der Waals surface area contributed by atoms with Crippen molar-refractivity contribution in [2.75, 3.05) is 11.1 Å². The van der Waals surface area contributed by atoms with E-state index in [0.29, 0.717) is 38.8 Å². The summed E-state index contributed by atoms with van der Waals surface area (Å²) in [6.45, 7) is 1.24. The lowest BCUT2D eigenvalue weighted by atomic mass is 10.2. The lowest BCUT2D eigenvalue weighted by Gasteiger charge is -2.09. The van der Waals surface area contributed by atoms with E-state index in [1.807, 2.05) is 0 Å². The standard InChI is InChI=1S/C20H16Cl2F2N4O2S/c1-2-9-28-18(12-3-6-14(7-4-12)30-19(23)24)26-27-20(28)31-11-17(29)25-13-5-8-15(21)16(22)10-13/h2-8,10,19H,1,9,11H2,(H,25,29). The van der Waals surface area contributed by atoms with Gasteiger partial charge in [-0.1, -0.05) is 41.0 Å². The van der Waals surface area contributed by atoms with Gasteiger partial charge in [0.1, 0.15) is 5.75 Å². The number of alkyl halides is 2. The number of halogens is 4. The summed E-state index contributed by atoms with van der Waals surface area (Å²) >= 11 is 13.0. The zero-order chi connectivity index (χ0) is 22.4. The first-order valence-electron chi connectivity index (χ1n) is 8.84. The van der Waals surface area contributed by atoms with E-state index in [4.69, 9.17) is 23.2 Å². The molecule has 0 saturated heterocycles. The van der Waals surface area contributed by atoms with Crippen LogP contribution in [-0.4, -0.2) is 33.0 Å². The molecule has 0 spiro atoms. The fourth-order valence-corrected chi connectivity index (χ4v) is 3.64. The number of rotatable bonds is 9. The molecule has 1 heterocycles. The number of hydrogen-bond acceptors (Lipinski definition) is 5. The Bertz CT molecular complexity index is 1080. The van der Waals surface area contributed by atoms with Crippen molar-refractivity contribution in [1.29, 1.82) is 0 Å². The average molecular weight is 485 g/mol. The normalized spacial score (nSPS) is 10.9. The molecule has 1 amide bonds. The van der Waals surface area contributed by atoms with E-state index in [1.165, 1.54) is 23.9 Å². The number of allylic oxidation sites excluding steroid dienone is 1. The van der Waals surface area contributed by atoms with Crippen LogP contribution in [-0.2, 0) is 11.3 Å². The van der Waals surface area contributed by atoms with E-state index >= 15 is 0 Å². The number of benzene rings is 2. The Kier molecular flexibility index (Phi) is 7.89. The summed E-state index contributed by atoms with van der Waals surface area (Å²) in [6, 6.07) is 10.9. The van der Waals surface area contributed by atoms with Crippen LogP contribution in [0.2, 0.25) is 10.0 Å². The predicted octanol–water partition coefficient (Wildman–Crippen LogP) is 5.77. The third-order valence-corrected chi connectivity index (χ3v) is 5.61. The van der Waals surface area contributed by atoms with E-state index in [0.717, 1.165) is 0 Å². The van der Waals surface area contributed by atoms with Crippen molar-refractivity contribution in [3.05, 3.63) is 65.2 Å². The lowest BCUT2D eigenvalue weighted by Crippen LogP contribution is -2.14. The topological polar surface area (TPSA) is 69.0 Å². The van der Waals surface area contributed by atoms with Gasteiger partial charge in [-0.3, -0.25) is 9.36 Å². The first-order valence-corrected chi connectivity index (χ1v) is 10.6. The zero-order valence-corrected chi connectivity index (χ0v) is 18.2. The summed E-state index contributed by atoms with van der Waals surface area (Å²) in [5.74, 6) is 0.376. The van der Waals surface area contributed by atoms with Gasteiger partial charge in [0.25, 0.3) is 0 Å². The molecule has 162 valence electrons. The van der Waals surface area contributed by atoms with Crippen LogP contribution in [0.15, 0.2) is 60.3 Å². The van der Waals surface area contributed by atoms with Gasteiger partial charge >= 0.3 is 6.61 Å². The van der Waals surface area contributed by atoms with Crippen molar-refractivity contribution < 1.29 is 18.3 Å². The second-order valence-electron chi connectivity index (χ2n) is 6.07. The second-order valence-corrected chi connectivity index (χ2v) is 7.83. The molecule has 2 aromatic carbocycles. The number of nitrogens with one attached hydrogen (secondary N) is 1. The molecule has 3 aromatic rings. The molecule has 1 N–H and O–H groups in total. The Morgan fingerprint density at radius 1 is 1.19 bits per heavy atom. The predicted molar refractivity (Wildman–Crippen MR) is 118 cm³/mol. The summed E-state index contributed by atoms with van der Waals surface area (Å²) < 4.78 is 30.8. The quantitative estimate of drug-likeness (QED) is 0.308. The molecule has 31 heavy (non-hydrogen) atoms. The molecule has 11 heteroatoms. The fraction of sp³-hybridized carbons (Fsp3) is 0.150. The maximum absolute atomic E-state index is 12.3. The van der Waals surface area contributed by atoms with E-state index in [-0.39, 0.29) is 17.4 Å². The summed E-state index contributed by atoms with van der Waals surface area (Å²) in [5.41, 5.74) is 1.18. The van der Waals surface area contributed by atoms with Gasteiger partial charge in [0.2, 0.25) is 5.91 Å². The highest BCUT2D eigenvalue weighted by Gasteiger charge is 2.16. The first-order chi connectivity index (χ1) is 14.9. The maximum Gasteiger partial charge on any atom is 0.387 e. The van der Waals surface area contributed by atoms with E-state index in [9.17, 15) is 13.6 Å². The Morgan fingerprint density at radius 3 is 2.58 bits per heavy atom. The molecule has 3 rings (SSSR count). The van der Waals surface area contributed by atoms with Gasteiger partial charge in [0.15, 0.2) is 11.0 Å². The van der Waals surface area contributed by atoms with Crippen molar-refractivity contribution in [3.63, 3.8) is 0 Å². The van der Waals surface area contributed by atoms with Crippen LogP contribution < -0.4 is 10.1 Å². The smallest absolute Gasteiger partial charge is 0.387 e. The number of nitrogens with zero attached hydrogens (tertiary/aromatic N) is 3. The highest BCUT2D eigenvalue weighted by atomic mass is 35.5. The van der Waals surface area contributed by atoms with Crippen LogP contribution in [0.4, 0.5) is 14.5 Å². The Labute approximate surface area is 191 Å². The molecular weight excluding hydrogens is 469 g/mol. The van der Waals surface area contributed by atoms with Crippen LogP contribution in [0.25, 0.3) is 11.4 Å². The van der Waals surface area contributed by atoms with Crippen LogP contribution >= 0.6 is 35.0 Å². The molecule has 0 atom stereocenters. The minimum absolute atomic E-state index is 0.0436. The Hall–Kier alpha value is -2.62. The third kappa shape index (κ3) is 6.19. The highest BCUT2D eigenvalue weighted by Crippen LogP contribution is 2.27. The Morgan fingerprint density at radius 2 is 1.94 bits per heavy atom. The van der Waals surface area contributed by atoms with Gasteiger partial charge in [-0.15, -0.1) is 16.8 Å². The number of ether oxygens (including phenoxy) is 1. The highest BCUT2D eigenvalue weighted by molar-refractivity contribution is 7.99. The molecule has 0 aliphatic carbocycles. The number of aromatic nitrogens is 3. The molecular formula is C20H16Cl2F2N4O2S. The minimum Gasteiger partial charge on any atom is -0.435 e. The van der Waals surface area contributed by atoms with Gasteiger partial charge in [0.05, 0.1) is 15.8 Å². The van der Waals surface area contributed by atoms with Gasteiger partial charge in [-0.05, 0) is 42.5 Å². The second kappa shape index (κ2) is 10.6. The third-order valence-electron chi connectivity index (χ3n) is 3.90. The summed E-state index contributed by atoms with van der Waals surface area (Å²) in [4.78, 5) is 12.3. The molecule has 0 saturated carbocycles. The number of thioether (sulfide) groups is 1. The number of anilines is 1. The molecule has 0 aliphatic heterocycles. The maximum atomic E-state index is 12.3. The monoisotopic (exact) mass is 484 g/mol. The summed E-state index contributed by atoms with van der Waals surface area (Å²) in [5, 5.41) is 12.3. The Balaban J connectivity index is 1.70. The fourth-order valence-electron chi connectivity index (χ4n) is 2.59. The number of amides is 1. The van der Waals surface area contributed by atoms with Gasteiger partial charge in [0, 0.05) is 17.8 Å². The molecule has 0 aliphatic rings.